The molecule has 1 aliphatic rings. The van der Waals surface area contributed by atoms with Crippen LogP contribution in [0, 0.1) is 11.3 Å². The molecule has 0 saturated carbocycles. The summed E-state index contributed by atoms with van der Waals surface area (Å²) in [5.74, 6) is -2.27. The highest BCUT2D eigenvalue weighted by molar-refractivity contribution is 5.92. The molecule has 1 saturated heterocycles. The molecule has 0 aromatic rings. The van der Waals surface area contributed by atoms with E-state index < -0.39 is 35.9 Å². The number of hydrogen-bond donors (Lipinski definition) is 4. The van der Waals surface area contributed by atoms with Gasteiger partial charge in [0.2, 0.25) is 11.8 Å². The second kappa shape index (κ2) is 11.8. The van der Waals surface area contributed by atoms with Crippen molar-refractivity contribution in [1.82, 2.24) is 21.1 Å². The zero-order valence-corrected chi connectivity index (χ0v) is 19.4. The summed E-state index contributed by atoms with van der Waals surface area (Å²) in [6.07, 6.45) is 4.57. The summed E-state index contributed by atoms with van der Waals surface area (Å²) < 4.78 is 0. The number of carboxylic acids is 1. The van der Waals surface area contributed by atoms with Crippen LogP contribution >= 0.6 is 0 Å². The maximum atomic E-state index is 12.8. The number of hydrogen-bond acceptors (Lipinski definition) is 5. The minimum atomic E-state index is -1.02. The van der Waals surface area contributed by atoms with E-state index in [9.17, 15) is 19.2 Å². The van der Waals surface area contributed by atoms with E-state index in [1.807, 2.05) is 19.9 Å². The van der Waals surface area contributed by atoms with Crippen LogP contribution in [0.1, 0.15) is 66.7 Å². The van der Waals surface area contributed by atoms with Gasteiger partial charge >= 0.3 is 5.97 Å². The van der Waals surface area contributed by atoms with Gasteiger partial charge in [-0.05, 0) is 43.9 Å². The molecule has 0 aromatic carbocycles. The van der Waals surface area contributed by atoms with E-state index in [0.717, 1.165) is 6.42 Å². The van der Waals surface area contributed by atoms with Crippen LogP contribution in [0.3, 0.4) is 0 Å². The lowest BCUT2D eigenvalue weighted by Gasteiger charge is -2.34. The summed E-state index contributed by atoms with van der Waals surface area (Å²) >= 11 is 0. The van der Waals surface area contributed by atoms with Gasteiger partial charge in [0.1, 0.15) is 18.1 Å². The van der Waals surface area contributed by atoms with Crippen molar-refractivity contribution in [2.75, 3.05) is 6.54 Å². The lowest BCUT2D eigenvalue weighted by atomic mass is 9.84. The highest BCUT2D eigenvalue weighted by Crippen LogP contribution is 2.26. The Labute approximate surface area is 185 Å². The summed E-state index contributed by atoms with van der Waals surface area (Å²) in [5.41, 5.74) is 2.64. The van der Waals surface area contributed by atoms with Crippen LogP contribution in [-0.2, 0) is 19.2 Å². The largest absolute Gasteiger partial charge is 0.480 e. The predicted octanol–water partition coefficient (Wildman–Crippen LogP) is 1.59. The molecule has 1 aliphatic heterocycles. The first-order valence-electron chi connectivity index (χ1n) is 10.9. The SMILES string of the molecule is C=CCC(C)(C)CCC(=O)N[C@H](C(=O)N[C@@H](C)C(=O)N1CCC[C@@H](C(=O)O)N1)C(C)C. The molecule has 1 rings (SSSR count). The van der Waals surface area contributed by atoms with Crippen LogP contribution in [0.5, 0.6) is 0 Å². The van der Waals surface area contributed by atoms with E-state index in [2.05, 4.69) is 36.5 Å². The molecule has 0 aromatic heterocycles. The van der Waals surface area contributed by atoms with Crippen molar-refractivity contribution < 1.29 is 24.3 Å². The number of allylic oxidation sites excluding steroid dienone is 1. The van der Waals surface area contributed by atoms with Gasteiger partial charge < -0.3 is 15.7 Å². The monoisotopic (exact) mass is 438 g/mol. The lowest BCUT2D eigenvalue weighted by molar-refractivity contribution is -0.148. The molecule has 0 aliphatic carbocycles. The summed E-state index contributed by atoms with van der Waals surface area (Å²) in [6, 6.07) is -2.46. The van der Waals surface area contributed by atoms with Crippen molar-refractivity contribution in [3.63, 3.8) is 0 Å². The molecular weight excluding hydrogens is 400 g/mol. The number of carbonyl (C=O) groups is 4. The molecule has 0 bridgehead atoms. The van der Waals surface area contributed by atoms with Crippen molar-refractivity contribution in [2.45, 2.75) is 84.8 Å². The van der Waals surface area contributed by atoms with Crippen LogP contribution in [0.4, 0.5) is 0 Å². The summed E-state index contributed by atoms with van der Waals surface area (Å²) in [5, 5.41) is 15.8. The predicted molar refractivity (Wildman–Crippen MR) is 118 cm³/mol. The zero-order chi connectivity index (χ0) is 23.8. The number of carboxylic acid groups (broad SMARTS) is 1. The molecule has 4 N–H and O–H groups in total. The Balaban J connectivity index is 2.65. The van der Waals surface area contributed by atoms with Gasteiger partial charge in [0, 0.05) is 13.0 Å². The van der Waals surface area contributed by atoms with Crippen LogP contribution in [0.2, 0.25) is 0 Å². The molecule has 0 unspecified atom stereocenters. The fraction of sp³-hybridized carbons (Fsp3) is 0.727. The normalized spacial score (nSPS) is 18.8. The Morgan fingerprint density at radius 2 is 1.87 bits per heavy atom. The molecule has 0 radical (unpaired) electrons. The minimum absolute atomic E-state index is 0.0507. The van der Waals surface area contributed by atoms with E-state index in [1.165, 1.54) is 5.01 Å². The zero-order valence-electron chi connectivity index (χ0n) is 19.4. The van der Waals surface area contributed by atoms with Gasteiger partial charge in [-0.25, -0.2) is 5.43 Å². The summed E-state index contributed by atoms with van der Waals surface area (Å²) in [6.45, 7) is 13.4. The van der Waals surface area contributed by atoms with Crippen LogP contribution in [-0.4, -0.2) is 58.5 Å². The molecule has 176 valence electrons. The number of amides is 3. The van der Waals surface area contributed by atoms with Gasteiger partial charge in [-0.2, -0.15) is 0 Å². The smallest absolute Gasteiger partial charge is 0.322 e. The molecule has 1 heterocycles. The van der Waals surface area contributed by atoms with Gasteiger partial charge in [0.25, 0.3) is 5.91 Å². The minimum Gasteiger partial charge on any atom is -0.480 e. The van der Waals surface area contributed by atoms with Crippen molar-refractivity contribution in [3.05, 3.63) is 12.7 Å². The van der Waals surface area contributed by atoms with Crippen LogP contribution in [0.15, 0.2) is 12.7 Å². The first-order valence-corrected chi connectivity index (χ1v) is 10.9. The molecular formula is C22H38N4O5. The summed E-state index contributed by atoms with van der Waals surface area (Å²) in [4.78, 5) is 49.0. The molecule has 0 spiro atoms. The molecule has 31 heavy (non-hydrogen) atoms. The van der Waals surface area contributed by atoms with Gasteiger partial charge in [-0.15, -0.1) is 6.58 Å². The third-order valence-electron chi connectivity index (χ3n) is 5.47. The number of carbonyl (C=O) groups excluding carboxylic acids is 3. The van der Waals surface area contributed by atoms with Crippen molar-refractivity contribution >= 4 is 23.7 Å². The summed E-state index contributed by atoms with van der Waals surface area (Å²) in [7, 11) is 0. The van der Waals surface area contributed by atoms with Crippen molar-refractivity contribution in [3.8, 4) is 0 Å². The highest BCUT2D eigenvalue weighted by atomic mass is 16.4. The maximum Gasteiger partial charge on any atom is 0.322 e. The van der Waals surface area contributed by atoms with Gasteiger partial charge in [-0.3, -0.25) is 24.2 Å². The van der Waals surface area contributed by atoms with E-state index >= 15 is 0 Å². The Hall–Kier alpha value is -2.42. The van der Waals surface area contributed by atoms with Crippen LogP contribution < -0.4 is 16.1 Å². The Bertz CT molecular complexity index is 677. The first-order chi connectivity index (χ1) is 14.4. The first kappa shape index (κ1) is 26.6. The van der Waals surface area contributed by atoms with Gasteiger partial charge in [0.05, 0.1) is 0 Å². The Kier molecular flexibility index (Phi) is 10.2. The van der Waals surface area contributed by atoms with E-state index in [4.69, 9.17) is 5.11 Å². The molecule has 9 heteroatoms. The van der Waals surface area contributed by atoms with Crippen molar-refractivity contribution in [2.24, 2.45) is 11.3 Å². The van der Waals surface area contributed by atoms with Gasteiger partial charge in [0.15, 0.2) is 0 Å². The fourth-order valence-electron chi connectivity index (χ4n) is 3.45. The maximum absolute atomic E-state index is 12.8. The van der Waals surface area contributed by atoms with Crippen molar-refractivity contribution in [1.29, 1.82) is 0 Å². The number of hydrazine groups is 1. The Morgan fingerprint density at radius 1 is 1.23 bits per heavy atom. The average Bonchev–Trinajstić information content (AvgIpc) is 2.69. The van der Waals surface area contributed by atoms with E-state index in [0.29, 0.717) is 32.2 Å². The number of aliphatic carboxylic acids is 1. The average molecular weight is 439 g/mol. The second-order valence-corrected chi connectivity index (χ2v) is 9.33. The van der Waals surface area contributed by atoms with E-state index in [-0.39, 0.29) is 17.2 Å². The van der Waals surface area contributed by atoms with Gasteiger partial charge in [-0.1, -0.05) is 33.8 Å². The molecule has 1 fully saturated rings. The van der Waals surface area contributed by atoms with Crippen LogP contribution in [0.25, 0.3) is 0 Å². The lowest BCUT2D eigenvalue weighted by Crippen LogP contribution is -2.60. The molecule has 3 atom stereocenters. The number of rotatable bonds is 11. The van der Waals surface area contributed by atoms with E-state index in [1.54, 1.807) is 6.92 Å². The topological polar surface area (TPSA) is 128 Å². The third-order valence-corrected chi connectivity index (χ3v) is 5.47. The number of nitrogens with one attached hydrogen (secondary N) is 3. The molecule has 3 amide bonds. The third kappa shape index (κ3) is 8.69. The standard InChI is InChI=1S/C22H38N4O5/c1-7-11-22(5,6)12-10-17(27)24-18(14(2)3)19(28)23-15(4)20(29)26-13-8-9-16(25-26)21(30)31/h7,14-16,18,25H,1,8-13H2,2-6H3,(H,23,28)(H,24,27)(H,30,31)/t15-,16-,18-/m0/s1. The quantitative estimate of drug-likeness (QED) is 0.363. The number of nitrogens with zero attached hydrogens (tertiary/aromatic N) is 1. The fourth-order valence-corrected chi connectivity index (χ4v) is 3.45. The Morgan fingerprint density at radius 3 is 2.42 bits per heavy atom. The molecule has 9 nitrogen and oxygen atoms in total. The second-order valence-electron chi connectivity index (χ2n) is 9.33. The highest BCUT2D eigenvalue weighted by Gasteiger charge is 2.32.